The summed E-state index contributed by atoms with van der Waals surface area (Å²) in [6.07, 6.45) is -3.65. The quantitative estimate of drug-likeness (QED) is 0.265. The van der Waals surface area contributed by atoms with E-state index in [1.54, 1.807) is 0 Å². The Bertz CT molecular complexity index is 1430. The van der Waals surface area contributed by atoms with Crippen LogP contribution in [-0.2, 0) is 19.3 Å². The van der Waals surface area contributed by atoms with Crippen LogP contribution in [0, 0.1) is 0 Å². The van der Waals surface area contributed by atoms with Crippen LogP contribution in [0.2, 0.25) is 0 Å². The molecule has 208 valence electrons. The summed E-state index contributed by atoms with van der Waals surface area (Å²) in [7, 11) is 1.96. The second-order valence-corrected chi connectivity index (χ2v) is 9.84. The Balaban J connectivity index is 1.13. The number of likely N-dealkylation sites (tertiary alicyclic amines) is 1. The van der Waals surface area contributed by atoms with Crippen molar-refractivity contribution in [2.75, 3.05) is 20.1 Å². The molecule has 0 N–H and O–H groups in total. The largest absolute Gasteiger partial charge is 0.490 e. The molecular weight excluding hydrogens is 521 g/mol. The van der Waals surface area contributed by atoms with E-state index in [1.165, 1.54) is 23.1 Å². The van der Waals surface area contributed by atoms with Gasteiger partial charge in [-0.2, -0.15) is 13.2 Å². The average Bonchev–Trinajstić information content (AvgIpc) is 3.41. The maximum absolute atomic E-state index is 13.4. The molecular formula is C30H29F3N4O3. The van der Waals surface area contributed by atoms with Crippen LogP contribution in [0.15, 0.2) is 83.3 Å². The smallest absolute Gasteiger partial charge is 0.417 e. The number of rotatable bonds is 8. The molecule has 0 unspecified atom stereocenters. The summed E-state index contributed by atoms with van der Waals surface area (Å²) in [4.78, 5) is 16.4. The van der Waals surface area contributed by atoms with Crippen molar-refractivity contribution in [1.82, 2.24) is 20.0 Å². The molecule has 0 saturated carbocycles. The van der Waals surface area contributed by atoms with Gasteiger partial charge in [-0.3, -0.25) is 9.69 Å². The lowest BCUT2D eigenvalue weighted by molar-refractivity contribution is -0.138. The molecule has 3 aromatic carbocycles. The number of piperidine rings is 1. The number of halogens is 3. The Morgan fingerprint density at radius 2 is 1.70 bits per heavy atom. The monoisotopic (exact) mass is 550 g/mol. The molecule has 4 aromatic rings. The van der Waals surface area contributed by atoms with Crippen molar-refractivity contribution in [3.05, 3.63) is 101 Å². The van der Waals surface area contributed by atoms with Crippen molar-refractivity contribution in [2.45, 2.75) is 38.2 Å². The van der Waals surface area contributed by atoms with Crippen molar-refractivity contribution in [3.8, 4) is 17.2 Å². The van der Waals surface area contributed by atoms with Crippen LogP contribution >= 0.6 is 0 Å². The van der Waals surface area contributed by atoms with Gasteiger partial charge < -0.3 is 14.1 Å². The van der Waals surface area contributed by atoms with E-state index >= 15 is 0 Å². The third kappa shape index (κ3) is 6.69. The van der Waals surface area contributed by atoms with E-state index in [9.17, 15) is 18.0 Å². The van der Waals surface area contributed by atoms with Crippen LogP contribution in [0.1, 0.15) is 40.2 Å². The minimum Gasteiger partial charge on any atom is -0.490 e. The van der Waals surface area contributed by atoms with Gasteiger partial charge in [0.1, 0.15) is 11.9 Å². The van der Waals surface area contributed by atoms with Gasteiger partial charge in [0.05, 0.1) is 17.7 Å². The number of amides is 1. The second-order valence-electron chi connectivity index (χ2n) is 9.84. The number of hydrogen-bond donors (Lipinski definition) is 0. The predicted molar refractivity (Wildman–Crippen MR) is 142 cm³/mol. The van der Waals surface area contributed by atoms with Crippen molar-refractivity contribution in [2.24, 2.45) is 0 Å². The standard InChI is InChI=1S/C30H29F3N4O3/c1-36(20-27-34-35-28(40-27)22-9-3-2-4-10-22)19-21-8-7-11-24(18-21)39-23-14-16-37(17-15-23)29(38)25-12-5-6-13-26(25)30(31,32)33/h2-13,18,23H,14-17,19-20H2,1H3. The molecule has 0 atom stereocenters. The molecule has 10 heteroatoms. The topological polar surface area (TPSA) is 71.7 Å². The molecule has 1 fully saturated rings. The van der Waals surface area contributed by atoms with Crippen molar-refractivity contribution < 1.29 is 27.1 Å². The lowest BCUT2D eigenvalue weighted by Crippen LogP contribution is -2.42. The van der Waals surface area contributed by atoms with Crippen LogP contribution in [0.4, 0.5) is 13.2 Å². The highest BCUT2D eigenvalue weighted by Gasteiger charge is 2.36. The van der Waals surface area contributed by atoms with Crippen LogP contribution in [0.5, 0.6) is 5.75 Å². The number of hydrogen-bond acceptors (Lipinski definition) is 6. The van der Waals surface area contributed by atoms with E-state index in [2.05, 4.69) is 15.1 Å². The maximum atomic E-state index is 13.4. The van der Waals surface area contributed by atoms with Gasteiger partial charge in [0.15, 0.2) is 0 Å². The zero-order chi connectivity index (χ0) is 28.1. The number of carbonyl (C=O) groups excluding carboxylic acids is 1. The zero-order valence-electron chi connectivity index (χ0n) is 22.0. The van der Waals surface area contributed by atoms with E-state index in [0.717, 1.165) is 17.2 Å². The molecule has 40 heavy (non-hydrogen) atoms. The average molecular weight is 551 g/mol. The molecule has 0 radical (unpaired) electrons. The van der Waals surface area contributed by atoms with Gasteiger partial charge in [0, 0.05) is 38.0 Å². The highest BCUT2D eigenvalue weighted by molar-refractivity contribution is 5.96. The van der Waals surface area contributed by atoms with Gasteiger partial charge in [-0.25, -0.2) is 0 Å². The van der Waals surface area contributed by atoms with Crippen LogP contribution in [0.3, 0.4) is 0 Å². The third-order valence-electron chi connectivity index (χ3n) is 6.74. The van der Waals surface area contributed by atoms with Crippen molar-refractivity contribution >= 4 is 5.91 Å². The van der Waals surface area contributed by atoms with Gasteiger partial charge in [-0.1, -0.05) is 42.5 Å². The molecule has 0 bridgehead atoms. The Kier molecular flexibility index (Phi) is 8.16. The maximum Gasteiger partial charge on any atom is 0.417 e. The summed E-state index contributed by atoms with van der Waals surface area (Å²) in [6, 6.07) is 22.3. The number of benzene rings is 3. The molecule has 7 nitrogen and oxygen atoms in total. The first-order valence-electron chi connectivity index (χ1n) is 13.0. The van der Waals surface area contributed by atoms with Gasteiger partial charge in [0.2, 0.25) is 11.8 Å². The third-order valence-corrected chi connectivity index (χ3v) is 6.74. The number of alkyl halides is 3. The minimum absolute atomic E-state index is 0.135. The van der Waals surface area contributed by atoms with Gasteiger partial charge in [-0.05, 0) is 49.0 Å². The molecule has 1 amide bonds. The molecule has 1 aliphatic heterocycles. The van der Waals surface area contributed by atoms with Gasteiger partial charge in [0.25, 0.3) is 5.91 Å². The summed E-state index contributed by atoms with van der Waals surface area (Å²) >= 11 is 0. The fraction of sp³-hybridized carbons (Fsp3) is 0.300. The van der Waals surface area contributed by atoms with Crippen LogP contribution in [0.25, 0.3) is 11.5 Å². The lowest BCUT2D eigenvalue weighted by atomic mass is 10.0. The fourth-order valence-electron chi connectivity index (χ4n) is 4.79. The van der Waals surface area contributed by atoms with Crippen LogP contribution in [-0.4, -0.2) is 52.1 Å². The molecule has 0 spiro atoms. The van der Waals surface area contributed by atoms with E-state index in [0.29, 0.717) is 56.6 Å². The van der Waals surface area contributed by atoms with E-state index < -0.39 is 17.6 Å². The Morgan fingerprint density at radius 3 is 2.45 bits per heavy atom. The Hall–Kier alpha value is -4.18. The first-order chi connectivity index (χ1) is 19.3. The summed E-state index contributed by atoms with van der Waals surface area (Å²) in [6.45, 7) is 1.77. The summed E-state index contributed by atoms with van der Waals surface area (Å²) < 4.78 is 52.1. The number of aromatic nitrogens is 2. The first-order valence-corrected chi connectivity index (χ1v) is 13.0. The predicted octanol–water partition coefficient (Wildman–Crippen LogP) is 6.07. The first kappa shape index (κ1) is 27.4. The molecule has 1 aromatic heterocycles. The molecule has 1 saturated heterocycles. The zero-order valence-corrected chi connectivity index (χ0v) is 22.0. The Labute approximate surface area is 230 Å². The SMILES string of the molecule is CN(Cc1cccc(OC2CCN(C(=O)c3ccccc3C(F)(F)F)CC2)c1)Cc1nnc(-c2ccccc2)o1. The van der Waals surface area contributed by atoms with Crippen LogP contribution < -0.4 is 4.74 Å². The summed E-state index contributed by atoms with van der Waals surface area (Å²) in [5.41, 5.74) is 0.688. The van der Waals surface area contributed by atoms with Gasteiger partial charge >= 0.3 is 6.18 Å². The summed E-state index contributed by atoms with van der Waals surface area (Å²) in [5, 5.41) is 8.29. The molecule has 0 aliphatic carbocycles. The molecule has 2 heterocycles. The Morgan fingerprint density at radius 1 is 0.975 bits per heavy atom. The number of ether oxygens (including phenoxy) is 1. The minimum atomic E-state index is -4.58. The second kappa shape index (κ2) is 11.9. The van der Waals surface area contributed by atoms with Gasteiger partial charge in [-0.15, -0.1) is 10.2 Å². The van der Waals surface area contributed by atoms with E-state index in [-0.39, 0.29) is 11.7 Å². The normalized spacial score (nSPS) is 14.5. The number of nitrogens with zero attached hydrogens (tertiary/aromatic N) is 4. The van der Waals surface area contributed by atoms with Crippen molar-refractivity contribution in [3.63, 3.8) is 0 Å². The number of carbonyl (C=O) groups is 1. The fourth-order valence-corrected chi connectivity index (χ4v) is 4.79. The van der Waals surface area contributed by atoms with E-state index in [4.69, 9.17) is 9.15 Å². The summed E-state index contributed by atoms with van der Waals surface area (Å²) in [5.74, 6) is 1.11. The lowest BCUT2D eigenvalue weighted by Gasteiger charge is -2.32. The molecule has 1 aliphatic rings. The van der Waals surface area contributed by atoms with E-state index in [1.807, 2.05) is 61.6 Å². The molecule has 5 rings (SSSR count). The van der Waals surface area contributed by atoms with Crippen molar-refractivity contribution in [1.29, 1.82) is 0 Å². The highest BCUT2D eigenvalue weighted by Crippen LogP contribution is 2.33. The highest BCUT2D eigenvalue weighted by atomic mass is 19.4.